The zero-order valence-electron chi connectivity index (χ0n) is 13.7. The first-order valence-electron chi connectivity index (χ1n) is 7.29. The smallest absolute Gasteiger partial charge is 0.331 e. The Labute approximate surface area is 145 Å². The molecule has 2 aromatic rings. The predicted molar refractivity (Wildman–Crippen MR) is 82.9 cm³/mol. The lowest BCUT2D eigenvalue weighted by atomic mass is 10.0. The number of carbonyl (C=O) groups is 1. The van der Waals surface area contributed by atoms with Gasteiger partial charge >= 0.3 is 5.97 Å². The average molecular weight is 372 g/mol. The number of carboxylic acid groups (broad SMARTS) is 1. The van der Waals surface area contributed by atoms with Crippen LogP contribution in [0.3, 0.4) is 0 Å². The minimum Gasteiger partial charge on any atom is -0.489 e. The molecule has 0 bridgehead atoms. The highest BCUT2D eigenvalue weighted by Crippen LogP contribution is 2.25. The summed E-state index contributed by atoms with van der Waals surface area (Å²) in [4.78, 5) is 10.9. The average Bonchev–Trinajstić information content (AvgIpc) is 2.64. The third kappa shape index (κ3) is 3.68. The minimum atomic E-state index is -2.23. The largest absolute Gasteiger partial charge is 0.489 e. The van der Waals surface area contributed by atoms with Crippen LogP contribution in [0, 0.1) is 29.1 Å². The SMILES string of the molecule is C/C(C(=O)O)=C(\C)c1ccc(OCc2c(F)c(F)c(F)c(F)c2F)cc1. The quantitative estimate of drug-likeness (QED) is 0.354. The Morgan fingerprint density at radius 2 is 1.35 bits per heavy atom. The Hall–Kier alpha value is -2.90. The Bertz CT molecular complexity index is 860. The maximum Gasteiger partial charge on any atom is 0.331 e. The molecule has 0 unspecified atom stereocenters. The van der Waals surface area contributed by atoms with E-state index in [9.17, 15) is 26.7 Å². The molecule has 0 saturated heterocycles. The van der Waals surface area contributed by atoms with Crippen molar-refractivity contribution >= 4 is 11.5 Å². The van der Waals surface area contributed by atoms with Gasteiger partial charge < -0.3 is 9.84 Å². The molecule has 3 nitrogen and oxygen atoms in total. The lowest BCUT2D eigenvalue weighted by Crippen LogP contribution is -2.09. The lowest BCUT2D eigenvalue weighted by molar-refractivity contribution is -0.132. The predicted octanol–water partition coefficient (Wildman–Crippen LogP) is 4.84. The second-order valence-corrected chi connectivity index (χ2v) is 5.42. The van der Waals surface area contributed by atoms with Gasteiger partial charge in [-0.25, -0.2) is 26.7 Å². The van der Waals surface area contributed by atoms with Gasteiger partial charge in [0.2, 0.25) is 5.82 Å². The topological polar surface area (TPSA) is 46.5 Å². The zero-order valence-corrected chi connectivity index (χ0v) is 13.7. The molecular weight excluding hydrogens is 359 g/mol. The Morgan fingerprint density at radius 1 is 0.885 bits per heavy atom. The van der Waals surface area contributed by atoms with Crippen molar-refractivity contribution in [2.45, 2.75) is 20.5 Å². The maximum absolute atomic E-state index is 13.6. The molecule has 0 amide bonds. The summed E-state index contributed by atoms with van der Waals surface area (Å²) in [5, 5.41) is 8.95. The van der Waals surface area contributed by atoms with E-state index < -0.39 is 47.2 Å². The molecule has 2 aromatic carbocycles. The van der Waals surface area contributed by atoms with Gasteiger partial charge in [-0.3, -0.25) is 0 Å². The Kier molecular flexibility index (Phi) is 5.64. The molecule has 0 aliphatic rings. The van der Waals surface area contributed by atoms with E-state index in [1.165, 1.54) is 31.2 Å². The summed E-state index contributed by atoms with van der Waals surface area (Å²) in [7, 11) is 0. The van der Waals surface area contributed by atoms with Crippen LogP contribution in [0.1, 0.15) is 25.0 Å². The number of rotatable bonds is 5. The van der Waals surface area contributed by atoms with Gasteiger partial charge in [-0.2, -0.15) is 0 Å². The van der Waals surface area contributed by atoms with E-state index in [2.05, 4.69) is 0 Å². The van der Waals surface area contributed by atoms with Crippen LogP contribution < -0.4 is 4.74 Å². The summed E-state index contributed by atoms with van der Waals surface area (Å²) < 4.78 is 71.5. The summed E-state index contributed by atoms with van der Waals surface area (Å²) >= 11 is 0. The van der Waals surface area contributed by atoms with Gasteiger partial charge in [-0.15, -0.1) is 0 Å². The molecule has 0 aromatic heterocycles. The van der Waals surface area contributed by atoms with Crippen LogP contribution in [0.4, 0.5) is 22.0 Å². The summed E-state index contributed by atoms with van der Waals surface area (Å²) in [5.41, 5.74) is 0.139. The van der Waals surface area contributed by atoms with Gasteiger partial charge in [0.1, 0.15) is 12.4 Å². The molecule has 8 heteroatoms. The van der Waals surface area contributed by atoms with Crippen LogP contribution in [0.15, 0.2) is 29.8 Å². The van der Waals surface area contributed by atoms with Crippen molar-refractivity contribution in [1.29, 1.82) is 0 Å². The Morgan fingerprint density at radius 3 is 1.81 bits per heavy atom. The van der Waals surface area contributed by atoms with Crippen molar-refractivity contribution in [1.82, 2.24) is 0 Å². The Balaban J connectivity index is 2.22. The van der Waals surface area contributed by atoms with Crippen LogP contribution in [0.2, 0.25) is 0 Å². The van der Waals surface area contributed by atoms with Gasteiger partial charge in [-0.1, -0.05) is 12.1 Å². The number of carboxylic acids is 1. The fraction of sp³-hybridized carbons (Fsp3) is 0.167. The third-order valence-corrected chi connectivity index (χ3v) is 3.85. The first kappa shape index (κ1) is 19.4. The summed E-state index contributed by atoms with van der Waals surface area (Å²) in [6.07, 6.45) is 0. The van der Waals surface area contributed by atoms with Gasteiger partial charge in [0.05, 0.1) is 5.56 Å². The van der Waals surface area contributed by atoms with Crippen LogP contribution in [-0.2, 0) is 11.4 Å². The second kappa shape index (κ2) is 7.55. The second-order valence-electron chi connectivity index (χ2n) is 5.42. The van der Waals surface area contributed by atoms with Gasteiger partial charge in [0.25, 0.3) is 0 Å². The molecule has 0 spiro atoms. The van der Waals surface area contributed by atoms with Crippen LogP contribution >= 0.6 is 0 Å². The van der Waals surface area contributed by atoms with Crippen LogP contribution in [0.5, 0.6) is 5.75 Å². The van der Waals surface area contributed by atoms with E-state index >= 15 is 0 Å². The third-order valence-electron chi connectivity index (χ3n) is 3.85. The highest BCUT2D eigenvalue weighted by Gasteiger charge is 2.25. The molecule has 1 N–H and O–H groups in total. The standard InChI is InChI=1S/C18H13F5O3/c1-8(9(2)18(24)25)10-3-5-11(6-4-10)26-7-12-13(19)15(21)17(23)16(22)14(12)20/h3-6H,7H2,1-2H3,(H,24,25)/b9-8-. The molecule has 138 valence electrons. The summed E-state index contributed by atoms with van der Waals surface area (Å²) in [6, 6.07) is 5.80. The monoisotopic (exact) mass is 372 g/mol. The van der Waals surface area contributed by atoms with Crippen molar-refractivity contribution in [3.05, 3.63) is 70.1 Å². The van der Waals surface area contributed by atoms with Gasteiger partial charge in [-0.05, 0) is 37.1 Å². The summed E-state index contributed by atoms with van der Waals surface area (Å²) in [6.45, 7) is 2.17. The van der Waals surface area contributed by atoms with E-state index in [0.717, 1.165) is 0 Å². The normalized spacial score (nSPS) is 12.0. The van der Waals surface area contributed by atoms with Crippen LogP contribution in [0.25, 0.3) is 5.57 Å². The van der Waals surface area contributed by atoms with E-state index in [0.29, 0.717) is 11.1 Å². The lowest BCUT2D eigenvalue weighted by Gasteiger charge is -2.11. The van der Waals surface area contributed by atoms with Crippen molar-refractivity contribution in [2.24, 2.45) is 0 Å². The summed E-state index contributed by atoms with van der Waals surface area (Å²) in [5.74, 6) is -11.2. The van der Waals surface area contributed by atoms with Crippen LogP contribution in [-0.4, -0.2) is 11.1 Å². The van der Waals surface area contributed by atoms with Crippen molar-refractivity contribution in [2.75, 3.05) is 0 Å². The molecule has 0 saturated carbocycles. The molecule has 26 heavy (non-hydrogen) atoms. The zero-order chi connectivity index (χ0) is 19.6. The molecule has 2 rings (SSSR count). The van der Waals surface area contributed by atoms with E-state index in [-0.39, 0.29) is 11.3 Å². The van der Waals surface area contributed by atoms with Crippen molar-refractivity contribution in [3.63, 3.8) is 0 Å². The molecule has 0 fully saturated rings. The van der Waals surface area contributed by atoms with Gasteiger partial charge in [0.15, 0.2) is 23.3 Å². The fourth-order valence-electron chi connectivity index (χ4n) is 2.11. The number of aliphatic carboxylic acids is 1. The fourth-order valence-corrected chi connectivity index (χ4v) is 2.11. The van der Waals surface area contributed by atoms with Crippen molar-refractivity contribution < 1.29 is 36.6 Å². The minimum absolute atomic E-state index is 0.110. The number of hydrogen-bond donors (Lipinski definition) is 1. The van der Waals surface area contributed by atoms with E-state index in [4.69, 9.17) is 9.84 Å². The number of allylic oxidation sites excluding steroid dienone is 1. The number of hydrogen-bond acceptors (Lipinski definition) is 2. The first-order valence-corrected chi connectivity index (χ1v) is 7.29. The molecular formula is C18H13F5O3. The van der Waals surface area contributed by atoms with Crippen molar-refractivity contribution in [3.8, 4) is 5.75 Å². The first-order chi connectivity index (χ1) is 12.1. The highest BCUT2D eigenvalue weighted by molar-refractivity contribution is 5.95. The van der Waals surface area contributed by atoms with Gasteiger partial charge in [0, 0.05) is 5.57 Å². The molecule has 0 atom stereocenters. The molecule has 0 radical (unpaired) electrons. The number of benzene rings is 2. The highest BCUT2D eigenvalue weighted by atomic mass is 19.2. The number of halogens is 5. The van der Waals surface area contributed by atoms with E-state index in [1.54, 1.807) is 6.92 Å². The molecule has 0 aliphatic heterocycles. The maximum atomic E-state index is 13.6. The molecule has 0 heterocycles. The van der Waals surface area contributed by atoms with E-state index in [1.807, 2.05) is 0 Å². The molecule has 0 aliphatic carbocycles. The number of ether oxygens (including phenoxy) is 1.